The molecule has 7 rings (SSSR count). The molecular weight excluding hydrogens is 534 g/mol. The van der Waals surface area contributed by atoms with Crippen molar-refractivity contribution >= 4 is 51.1 Å². The number of nitrogens with one attached hydrogen (secondary N) is 2. The topological polar surface area (TPSA) is 104 Å². The van der Waals surface area contributed by atoms with E-state index in [-0.39, 0.29) is 0 Å². The third kappa shape index (κ3) is 5.03. The lowest BCUT2D eigenvalue weighted by molar-refractivity contribution is 0.0828. The normalized spacial score (nSPS) is 20.7. The molecule has 1 aliphatic heterocycles. The summed E-state index contributed by atoms with van der Waals surface area (Å²) in [5, 5.41) is 5.03. The molecule has 1 aliphatic carbocycles. The molecule has 3 aromatic heterocycles. The minimum absolute atomic E-state index is 0.412. The van der Waals surface area contributed by atoms with E-state index in [1.54, 1.807) is 6.33 Å². The average molecular weight is 570 g/mol. The summed E-state index contributed by atoms with van der Waals surface area (Å²) in [5.41, 5.74) is 13.3. The number of benzene rings is 2. The van der Waals surface area contributed by atoms with Crippen LogP contribution in [-0.4, -0.2) is 73.6 Å². The Labute approximate surface area is 244 Å². The number of hydrogen-bond acceptors (Lipinski definition) is 7. The second-order valence-corrected chi connectivity index (χ2v) is 12.0. The Kier molecular flexibility index (Phi) is 6.81. The van der Waals surface area contributed by atoms with Crippen LogP contribution >= 0.6 is 11.6 Å². The van der Waals surface area contributed by atoms with E-state index in [0.29, 0.717) is 23.8 Å². The first-order valence-corrected chi connectivity index (χ1v) is 14.9. The van der Waals surface area contributed by atoms with E-state index in [9.17, 15) is 0 Å². The van der Waals surface area contributed by atoms with E-state index < -0.39 is 0 Å². The number of nitrogens with zero attached hydrogens (tertiary/aromatic N) is 6. The maximum absolute atomic E-state index is 6.45. The molecule has 0 radical (unpaired) electrons. The van der Waals surface area contributed by atoms with Gasteiger partial charge in [0.15, 0.2) is 0 Å². The number of hydrogen-bond donors (Lipinski definition) is 3. The van der Waals surface area contributed by atoms with Crippen molar-refractivity contribution in [1.29, 1.82) is 0 Å². The van der Waals surface area contributed by atoms with E-state index >= 15 is 0 Å². The summed E-state index contributed by atoms with van der Waals surface area (Å²) in [5.74, 6) is 1.20. The molecule has 0 atom stereocenters. The van der Waals surface area contributed by atoms with Crippen LogP contribution < -0.4 is 11.1 Å². The van der Waals surface area contributed by atoms with Crippen LogP contribution in [0.25, 0.3) is 33.2 Å². The quantitative estimate of drug-likeness (QED) is 0.239. The molecule has 2 aliphatic rings. The number of aromatic nitrogens is 5. The van der Waals surface area contributed by atoms with E-state index in [0.717, 1.165) is 62.3 Å². The fourth-order valence-electron chi connectivity index (χ4n) is 6.56. The molecule has 4 heterocycles. The van der Waals surface area contributed by atoms with Crippen LogP contribution in [0.2, 0.25) is 5.02 Å². The molecule has 4 N–H and O–H groups in total. The number of likely N-dealkylation sites (N-methyl/N-ethyl adjacent to an activating group) is 1. The van der Waals surface area contributed by atoms with Crippen molar-refractivity contribution < 1.29 is 0 Å². The molecule has 0 bridgehead atoms. The van der Waals surface area contributed by atoms with Crippen LogP contribution in [0.4, 0.5) is 17.5 Å². The van der Waals surface area contributed by atoms with Gasteiger partial charge in [0, 0.05) is 60.7 Å². The van der Waals surface area contributed by atoms with Crippen molar-refractivity contribution in [2.45, 2.75) is 44.7 Å². The van der Waals surface area contributed by atoms with Crippen LogP contribution in [0.1, 0.15) is 37.3 Å². The zero-order valence-electron chi connectivity index (χ0n) is 23.6. The predicted molar refractivity (Wildman–Crippen MR) is 167 cm³/mol. The molecule has 2 fully saturated rings. The van der Waals surface area contributed by atoms with Gasteiger partial charge in [-0.3, -0.25) is 4.90 Å². The summed E-state index contributed by atoms with van der Waals surface area (Å²) in [6.07, 6.45) is 8.56. The molecule has 5 aromatic rings. The molecule has 0 spiro atoms. The van der Waals surface area contributed by atoms with Crippen LogP contribution in [-0.2, 0) is 0 Å². The molecule has 212 valence electrons. The van der Waals surface area contributed by atoms with Gasteiger partial charge in [0.05, 0.1) is 16.4 Å². The monoisotopic (exact) mass is 569 g/mol. The van der Waals surface area contributed by atoms with Gasteiger partial charge >= 0.3 is 0 Å². The number of H-pyrrole nitrogens is 1. The van der Waals surface area contributed by atoms with Gasteiger partial charge in [-0.2, -0.15) is 0 Å². The van der Waals surface area contributed by atoms with Crippen LogP contribution in [0.15, 0.2) is 48.9 Å². The zero-order valence-corrected chi connectivity index (χ0v) is 24.3. The molecule has 9 nitrogen and oxygen atoms in total. The first kappa shape index (κ1) is 26.3. The Morgan fingerprint density at radius 3 is 2.46 bits per heavy atom. The van der Waals surface area contributed by atoms with Crippen molar-refractivity contribution in [1.82, 2.24) is 34.3 Å². The second kappa shape index (κ2) is 10.6. The Balaban J connectivity index is 1.12. The number of fused-ring (bicyclic) bond motifs is 2. The van der Waals surface area contributed by atoms with Crippen molar-refractivity contribution in [3.05, 3.63) is 59.5 Å². The van der Waals surface area contributed by atoms with Crippen molar-refractivity contribution in [3.8, 4) is 11.1 Å². The van der Waals surface area contributed by atoms with E-state index in [4.69, 9.17) is 22.3 Å². The number of rotatable bonds is 5. The minimum atomic E-state index is 0.412. The average Bonchev–Trinajstić information content (AvgIpc) is 3.56. The van der Waals surface area contributed by atoms with Gasteiger partial charge in [0.25, 0.3) is 0 Å². The standard InChI is InChI=1S/C31H36ClN9/c1-19-15-26-27(16-25(19)32)38-31(37-26)36-21-5-3-20(4-6-21)24-17-41(30-28(24)29(33)34-18-35-30)23-9-7-22(8-10-23)40-13-11-39(2)12-14-40/h3-6,15-18,22-23H,7-14H2,1-2H3,(H2,33,34,35)(H2,36,37,38)/t22-,23-. The van der Waals surface area contributed by atoms with Gasteiger partial charge in [-0.05, 0) is 75.0 Å². The van der Waals surface area contributed by atoms with Gasteiger partial charge in [-0.25, -0.2) is 15.0 Å². The SMILES string of the molecule is Cc1cc2nc(Nc3ccc(-c4cn([C@H]5CC[C@H](N6CCN(C)CC6)CC5)c5ncnc(N)c45)cc3)[nH]c2cc1Cl. The fourth-order valence-corrected chi connectivity index (χ4v) is 6.72. The maximum atomic E-state index is 6.45. The van der Waals surface area contributed by atoms with Gasteiger partial charge in [-0.1, -0.05) is 23.7 Å². The Morgan fingerprint density at radius 2 is 1.71 bits per heavy atom. The summed E-state index contributed by atoms with van der Waals surface area (Å²) in [6.45, 7) is 6.69. The molecule has 10 heteroatoms. The Morgan fingerprint density at radius 1 is 0.976 bits per heavy atom. The van der Waals surface area contributed by atoms with E-state index in [2.05, 4.69) is 72.1 Å². The van der Waals surface area contributed by atoms with Crippen LogP contribution in [0.3, 0.4) is 0 Å². The molecule has 0 unspecified atom stereocenters. The lowest BCUT2D eigenvalue weighted by Gasteiger charge is -2.41. The van der Waals surface area contributed by atoms with Gasteiger partial charge < -0.3 is 25.5 Å². The van der Waals surface area contributed by atoms with E-state index in [1.807, 2.05) is 19.1 Å². The number of nitrogens with two attached hydrogens (primary N) is 1. The maximum Gasteiger partial charge on any atom is 0.205 e. The fraction of sp³-hybridized carbons (Fsp3) is 0.387. The number of piperazine rings is 1. The first-order valence-electron chi connectivity index (χ1n) is 14.5. The molecular formula is C31H36ClN9. The second-order valence-electron chi connectivity index (χ2n) is 11.6. The number of halogens is 1. The number of aryl methyl sites for hydroxylation is 1. The van der Waals surface area contributed by atoms with Crippen LogP contribution in [0.5, 0.6) is 0 Å². The van der Waals surface area contributed by atoms with E-state index in [1.165, 1.54) is 39.0 Å². The van der Waals surface area contributed by atoms with Gasteiger partial charge in [-0.15, -0.1) is 0 Å². The number of nitrogen functional groups attached to an aromatic ring is 1. The van der Waals surface area contributed by atoms with Crippen molar-refractivity contribution in [3.63, 3.8) is 0 Å². The third-order valence-corrected chi connectivity index (χ3v) is 9.38. The highest BCUT2D eigenvalue weighted by atomic mass is 35.5. The highest BCUT2D eigenvalue weighted by Crippen LogP contribution is 2.39. The molecule has 2 aromatic carbocycles. The molecule has 0 amide bonds. The first-order chi connectivity index (χ1) is 19.9. The summed E-state index contributed by atoms with van der Waals surface area (Å²) >= 11 is 6.29. The minimum Gasteiger partial charge on any atom is -0.383 e. The summed E-state index contributed by atoms with van der Waals surface area (Å²) in [6, 6.07) is 13.3. The molecule has 41 heavy (non-hydrogen) atoms. The number of imidazole rings is 1. The summed E-state index contributed by atoms with van der Waals surface area (Å²) < 4.78 is 2.36. The Hall–Kier alpha value is -3.66. The zero-order chi connectivity index (χ0) is 28.1. The lowest BCUT2D eigenvalue weighted by atomic mass is 9.89. The Bertz CT molecular complexity index is 1650. The van der Waals surface area contributed by atoms with Gasteiger partial charge in [0.1, 0.15) is 17.8 Å². The predicted octanol–water partition coefficient (Wildman–Crippen LogP) is 5.99. The highest BCUT2D eigenvalue weighted by Gasteiger charge is 2.30. The van der Waals surface area contributed by atoms with Crippen molar-refractivity contribution in [2.75, 3.05) is 44.3 Å². The highest BCUT2D eigenvalue weighted by molar-refractivity contribution is 6.32. The number of anilines is 3. The lowest BCUT2D eigenvalue weighted by Crippen LogP contribution is -2.49. The third-order valence-electron chi connectivity index (χ3n) is 8.97. The summed E-state index contributed by atoms with van der Waals surface area (Å²) in [4.78, 5) is 22.2. The molecule has 1 saturated heterocycles. The van der Waals surface area contributed by atoms with Crippen molar-refractivity contribution in [2.24, 2.45) is 0 Å². The molecule has 1 saturated carbocycles. The summed E-state index contributed by atoms with van der Waals surface area (Å²) in [7, 11) is 2.22. The van der Waals surface area contributed by atoms with Gasteiger partial charge in [0.2, 0.25) is 5.95 Å². The smallest absolute Gasteiger partial charge is 0.205 e. The van der Waals surface area contributed by atoms with Crippen LogP contribution in [0, 0.1) is 6.92 Å². The number of aromatic amines is 1. The largest absolute Gasteiger partial charge is 0.383 e.